The second kappa shape index (κ2) is 7.33. The van der Waals surface area contributed by atoms with Crippen molar-refractivity contribution in [2.45, 2.75) is 52.0 Å². The molecule has 0 aromatic rings. The number of hydrogen-bond donors (Lipinski definition) is 2. The third-order valence-electron chi connectivity index (χ3n) is 2.75. The lowest BCUT2D eigenvalue weighted by Crippen LogP contribution is -2.51. The molecule has 1 aliphatic rings. The van der Waals surface area contributed by atoms with Gasteiger partial charge in [-0.15, -0.1) is 0 Å². The Morgan fingerprint density at radius 3 is 2.56 bits per heavy atom. The summed E-state index contributed by atoms with van der Waals surface area (Å²) in [4.78, 5) is 21.9. The molecular weight excluding hydrogens is 236 g/mol. The molecule has 1 saturated heterocycles. The highest BCUT2D eigenvalue weighted by molar-refractivity contribution is 5.73. The summed E-state index contributed by atoms with van der Waals surface area (Å²) in [5.74, 6) is -0.163. The number of hydrogen-bond acceptors (Lipinski definition) is 4. The van der Waals surface area contributed by atoms with Crippen LogP contribution in [-0.4, -0.2) is 43.4 Å². The first-order valence-electron chi connectivity index (χ1n) is 6.31. The number of rotatable bonds is 5. The van der Waals surface area contributed by atoms with Crippen LogP contribution in [0, 0.1) is 0 Å². The molecule has 2 N–H and O–H groups in total. The molecule has 6 heteroatoms. The van der Waals surface area contributed by atoms with E-state index in [4.69, 9.17) is 9.47 Å². The Bertz CT molecular complexity index is 296. The summed E-state index contributed by atoms with van der Waals surface area (Å²) in [7, 11) is 0. The van der Waals surface area contributed by atoms with E-state index in [0.717, 1.165) is 12.8 Å². The normalized spacial score (nSPS) is 27.6. The van der Waals surface area contributed by atoms with E-state index >= 15 is 0 Å². The van der Waals surface area contributed by atoms with E-state index in [1.165, 1.54) is 13.8 Å². The van der Waals surface area contributed by atoms with Crippen molar-refractivity contribution in [2.75, 3.05) is 13.2 Å². The molecular formula is C12H22N2O4. The third-order valence-corrected chi connectivity index (χ3v) is 2.75. The molecule has 0 radical (unpaired) electrons. The average Bonchev–Trinajstić information content (AvgIpc) is 2.29. The van der Waals surface area contributed by atoms with E-state index in [2.05, 4.69) is 10.6 Å². The van der Waals surface area contributed by atoms with E-state index < -0.39 is 6.29 Å². The first-order chi connectivity index (χ1) is 8.52. The first kappa shape index (κ1) is 14.9. The molecule has 2 amide bonds. The predicted octanol–water partition coefficient (Wildman–Crippen LogP) is 0.169. The number of carbonyl (C=O) groups excluding carboxylic acids is 2. The first-order valence-corrected chi connectivity index (χ1v) is 6.31. The zero-order valence-electron chi connectivity index (χ0n) is 11.2. The number of nitrogens with one attached hydrogen (secondary N) is 2. The number of ether oxygens (including phenoxy) is 2. The minimum atomic E-state index is -0.439. The van der Waals surface area contributed by atoms with Crippen LogP contribution in [0.15, 0.2) is 0 Å². The average molecular weight is 258 g/mol. The maximum atomic E-state index is 11.1. The monoisotopic (exact) mass is 258 g/mol. The summed E-state index contributed by atoms with van der Waals surface area (Å²) in [5, 5.41) is 5.55. The predicted molar refractivity (Wildman–Crippen MR) is 65.8 cm³/mol. The lowest BCUT2D eigenvalue weighted by atomic mass is 10.0. The molecule has 0 aromatic heterocycles. The fourth-order valence-corrected chi connectivity index (χ4v) is 1.98. The highest BCUT2D eigenvalue weighted by atomic mass is 16.7. The zero-order valence-corrected chi connectivity index (χ0v) is 11.2. The Morgan fingerprint density at radius 2 is 2.00 bits per heavy atom. The van der Waals surface area contributed by atoms with Gasteiger partial charge in [0, 0.05) is 27.0 Å². The Labute approximate surface area is 107 Å². The van der Waals surface area contributed by atoms with Gasteiger partial charge in [0.1, 0.15) is 0 Å². The van der Waals surface area contributed by atoms with Crippen molar-refractivity contribution in [1.82, 2.24) is 10.6 Å². The van der Waals surface area contributed by atoms with Crippen LogP contribution >= 0.6 is 0 Å². The van der Waals surface area contributed by atoms with E-state index in [-0.39, 0.29) is 24.0 Å². The van der Waals surface area contributed by atoms with Crippen LogP contribution in [0.3, 0.4) is 0 Å². The van der Waals surface area contributed by atoms with Crippen LogP contribution in [0.2, 0.25) is 0 Å². The minimum Gasteiger partial charge on any atom is -0.354 e. The van der Waals surface area contributed by atoms with Gasteiger partial charge in [-0.1, -0.05) is 0 Å². The molecule has 6 nitrogen and oxygen atoms in total. The highest BCUT2D eigenvalue weighted by Gasteiger charge is 2.32. The lowest BCUT2D eigenvalue weighted by molar-refractivity contribution is -0.204. The lowest BCUT2D eigenvalue weighted by Gasteiger charge is -2.36. The molecule has 0 aromatic carbocycles. The highest BCUT2D eigenvalue weighted by Crippen LogP contribution is 2.20. The van der Waals surface area contributed by atoms with Crippen molar-refractivity contribution in [2.24, 2.45) is 0 Å². The molecule has 0 aliphatic carbocycles. The molecule has 1 fully saturated rings. The van der Waals surface area contributed by atoms with Crippen LogP contribution in [0.5, 0.6) is 0 Å². The van der Waals surface area contributed by atoms with Crippen LogP contribution in [0.25, 0.3) is 0 Å². The van der Waals surface area contributed by atoms with Gasteiger partial charge in [-0.25, -0.2) is 0 Å². The molecule has 3 unspecified atom stereocenters. The second-order valence-corrected chi connectivity index (χ2v) is 4.40. The summed E-state index contributed by atoms with van der Waals surface area (Å²) in [6.07, 6.45) is 1.07. The van der Waals surface area contributed by atoms with Gasteiger partial charge in [0.25, 0.3) is 0 Å². The van der Waals surface area contributed by atoms with Gasteiger partial charge in [-0.05, 0) is 19.8 Å². The van der Waals surface area contributed by atoms with Crippen LogP contribution in [-0.2, 0) is 19.1 Å². The van der Waals surface area contributed by atoms with Gasteiger partial charge in [0.15, 0.2) is 6.29 Å². The van der Waals surface area contributed by atoms with Crippen LogP contribution in [0.1, 0.15) is 33.6 Å². The van der Waals surface area contributed by atoms with Crippen molar-refractivity contribution in [3.8, 4) is 0 Å². The number of amides is 2. The van der Waals surface area contributed by atoms with Gasteiger partial charge in [0.2, 0.25) is 11.8 Å². The molecule has 1 heterocycles. The maximum absolute atomic E-state index is 11.1. The fraction of sp³-hybridized carbons (Fsp3) is 0.833. The van der Waals surface area contributed by atoms with Crippen molar-refractivity contribution >= 4 is 11.8 Å². The van der Waals surface area contributed by atoms with Crippen molar-refractivity contribution < 1.29 is 19.1 Å². The van der Waals surface area contributed by atoms with Gasteiger partial charge < -0.3 is 20.1 Å². The minimum absolute atomic E-state index is 0.0598. The smallest absolute Gasteiger partial charge is 0.217 e. The maximum Gasteiger partial charge on any atom is 0.217 e. The topological polar surface area (TPSA) is 76.7 Å². The van der Waals surface area contributed by atoms with Crippen molar-refractivity contribution in [3.63, 3.8) is 0 Å². The van der Waals surface area contributed by atoms with E-state index in [9.17, 15) is 9.59 Å². The van der Waals surface area contributed by atoms with Crippen LogP contribution < -0.4 is 10.6 Å². The SMILES string of the molecule is CCOC1OC(CNC(C)=O)CCC1NC(C)=O. The molecule has 0 bridgehead atoms. The van der Waals surface area contributed by atoms with Crippen molar-refractivity contribution in [1.29, 1.82) is 0 Å². The Kier molecular flexibility index (Phi) is 6.07. The zero-order chi connectivity index (χ0) is 13.5. The molecule has 3 atom stereocenters. The standard InChI is InChI=1S/C12H22N2O4/c1-4-17-12-11(14-9(3)16)6-5-10(18-12)7-13-8(2)15/h10-12H,4-7H2,1-3H3,(H,13,15)(H,14,16). The van der Waals surface area contributed by atoms with Crippen LogP contribution in [0.4, 0.5) is 0 Å². The quantitative estimate of drug-likeness (QED) is 0.737. The summed E-state index contributed by atoms with van der Waals surface area (Å²) >= 11 is 0. The van der Waals surface area contributed by atoms with Crippen molar-refractivity contribution in [3.05, 3.63) is 0 Å². The summed E-state index contributed by atoms with van der Waals surface area (Å²) < 4.78 is 11.2. The summed E-state index contributed by atoms with van der Waals surface area (Å²) in [6, 6.07) is -0.115. The molecule has 104 valence electrons. The Morgan fingerprint density at radius 1 is 1.28 bits per heavy atom. The van der Waals surface area contributed by atoms with Gasteiger partial charge in [0.05, 0.1) is 12.1 Å². The molecule has 0 saturated carbocycles. The Hall–Kier alpha value is -1.14. The molecule has 18 heavy (non-hydrogen) atoms. The second-order valence-electron chi connectivity index (χ2n) is 4.40. The van der Waals surface area contributed by atoms with Gasteiger partial charge >= 0.3 is 0 Å². The summed E-state index contributed by atoms with van der Waals surface area (Å²) in [6.45, 7) is 5.83. The molecule has 1 aliphatic heterocycles. The van der Waals surface area contributed by atoms with E-state index in [0.29, 0.717) is 13.2 Å². The molecule has 0 spiro atoms. The summed E-state index contributed by atoms with van der Waals surface area (Å²) in [5.41, 5.74) is 0. The van der Waals surface area contributed by atoms with Gasteiger partial charge in [-0.3, -0.25) is 9.59 Å². The largest absolute Gasteiger partial charge is 0.354 e. The third kappa shape index (κ3) is 5.01. The molecule has 1 rings (SSSR count). The van der Waals surface area contributed by atoms with E-state index in [1.807, 2.05) is 6.92 Å². The fourth-order valence-electron chi connectivity index (χ4n) is 1.98. The Balaban J connectivity index is 2.47. The van der Waals surface area contributed by atoms with E-state index in [1.54, 1.807) is 0 Å². The number of carbonyl (C=O) groups is 2. The van der Waals surface area contributed by atoms with Gasteiger partial charge in [-0.2, -0.15) is 0 Å².